The summed E-state index contributed by atoms with van der Waals surface area (Å²) in [5.74, 6) is -0.912. The molecule has 0 aliphatic rings. The summed E-state index contributed by atoms with van der Waals surface area (Å²) in [5.41, 5.74) is 8.37. The molecule has 24 nitrogen and oxygen atoms in total. The first kappa shape index (κ1) is 133. The number of anilines is 6. The highest BCUT2D eigenvalue weighted by molar-refractivity contribution is 6.68. The fourth-order valence-corrected chi connectivity index (χ4v) is 18.4. The molecule has 852 valence electrons. The standard InChI is InChI=1S/C126H213N9O15/c1-13-22-31-40-49-58-67-76-85-142-112-97-109(98-113(143-86-77-68-59-50-41-32-23-14-2)121(112)148-91-82-73-64-55-46-37-28-19-7)130-133-118(103(10)136)124(139)127-106-94-107(128-125(140)119(104(11)137)134-131-110-99-114(144-87-78-69-60-51-42-33-24-15-3)122(149-92-83-74-65-56-47-38-29-20-8)115(100-110)145-88-79-70-61-52-43-34-25-16-4)96-108(95-106)129-126(141)120(105(12)138)135-132-111-101-116(146-89-80-71-62-53-44-35-26-17-5)123(150-93-84-75-66-57-48-39-30-21-9)117(102-111)147-90-81-72-63-54-45-36-27-18-6/h94-102,130-132H,13-93H2,1-12H3,(H,127,139)(H,128,140)(H,129,141)/b133-118-,134-119+,135-120+. The molecule has 0 radical (unpaired) electrons. The van der Waals surface area contributed by atoms with E-state index in [4.69, 9.17) is 42.6 Å². The van der Waals surface area contributed by atoms with Gasteiger partial charge in [-0.1, -0.05) is 467 Å². The summed E-state index contributed by atoms with van der Waals surface area (Å²) in [7, 11) is 0. The number of amides is 3. The lowest BCUT2D eigenvalue weighted by Gasteiger charge is -2.19. The zero-order valence-electron chi connectivity index (χ0n) is 96.9. The summed E-state index contributed by atoms with van der Waals surface area (Å²) >= 11 is 0. The predicted octanol–water partition coefficient (Wildman–Crippen LogP) is 36.3. The van der Waals surface area contributed by atoms with Crippen LogP contribution in [0, 0.1) is 0 Å². The van der Waals surface area contributed by atoms with E-state index >= 15 is 14.4 Å². The highest BCUT2D eigenvalue weighted by Crippen LogP contribution is 2.45. The summed E-state index contributed by atoms with van der Waals surface area (Å²) in [6.07, 6.45) is 81.1. The number of hydrogen-bond acceptors (Lipinski definition) is 21. The van der Waals surface area contributed by atoms with Crippen molar-refractivity contribution < 1.29 is 71.4 Å². The van der Waals surface area contributed by atoms with E-state index < -0.39 is 52.2 Å². The van der Waals surface area contributed by atoms with Crippen molar-refractivity contribution in [3.8, 4) is 51.7 Å². The van der Waals surface area contributed by atoms with Crippen LogP contribution in [-0.2, 0) is 28.8 Å². The SMILES string of the molecule is CCCCCCCCCCOc1cc(N/N=C(/C(C)=O)C(=O)Nc2cc(NC(=O)/C(=N/Nc3cc(OCCCCCCCCCC)c(OCCCCCCCCCC)c(OCCCCCCCCCC)c3)C(C)=O)cc(NC(=O)/C(=N/Nc3cc(OCCCCCCCCCC)c(OCCCCCCCCCC)c(OCCCCCCCCCC)c3)C(C)=O)c2)cc(OCCCCCCCCCC)c1OCCCCCCCCCC. The zero-order valence-corrected chi connectivity index (χ0v) is 96.9. The number of nitrogens with zero attached hydrogens (tertiary/aromatic N) is 3. The molecule has 0 heterocycles. The molecular weight excluding hydrogens is 1880 g/mol. The van der Waals surface area contributed by atoms with Gasteiger partial charge in [0.2, 0.25) is 17.2 Å². The summed E-state index contributed by atoms with van der Waals surface area (Å²) < 4.78 is 60.2. The molecule has 0 saturated heterocycles. The lowest BCUT2D eigenvalue weighted by Crippen LogP contribution is -2.31. The number of unbranched alkanes of at least 4 members (excludes halogenated alkanes) is 63. The Labute approximate surface area is 911 Å². The van der Waals surface area contributed by atoms with Crippen molar-refractivity contribution in [2.24, 2.45) is 15.3 Å². The molecule has 24 heteroatoms. The Morgan fingerprint density at radius 2 is 0.300 bits per heavy atom. The van der Waals surface area contributed by atoms with Gasteiger partial charge in [0, 0.05) is 74.2 Å². The van der Waals surface area contributed by atoms with Gasteiger partial charge >= 0.3 is 0 Å². The fraction of sp³-hybridized carbons (Fsp3) is 0.738. The van der Waals surface area contributed by atoms with Crippen LogP contribution in [0.15, 0.2) is 69.9 Å². The Kier molecular flexibility index (Phi) is 82.1. The molecular formula is C126H213N9O15. The topological polar surface area (TPSA) is 295 Å². The van der Waals surface area contributed by atoms with E-state index in [1.54, 1.807) is 36.4 Å². The third-order valence-corrected chi connectivity index (χ3v) is 27.6. The van der Waals surface area contributed by atoms with E-state index in [1.165, 1.54) is 328 Å². The average molecular weight is 2090 g/mol. The lowest BCUT2D eigenvalue weighted by atomic mass is 10.1. The summed E-state index contributed by atoms with van der Waals surface area (Å²) in [5, 5.41) is 22.0. The van der Waals surface area contributed by atoms with Crippen LogP contribution < -0.4 is 74.9 Å². The van der Waals surface area contributed by atoms with Crippen molar-refractivity contribution in [2.75, 3.05) is 91.7 Å². The largest absolute Gasteiger partial charge is 0.489 e. The van der Waals surface area contributed by atoms with Gasteiger partial charge in [-0.15, -0.1) is 0 Å². The van der Waals surface area contributed by atoms with Gasteiger partial charge in [-0.3, -0.25) is 45.0 Å². The minimum Gasteiger partial charge on any atom is -0.489 e. The highest BCUT2D eigenvalue weighted by atomic mass is 16.6. The third kappa shape index (κ3) is 65.5. The molecule has 3 amide bonds. The number of nitrogens with one attached hydrogen (secondary N) is 6. The summed E-state index contributed by atoms with van der Waals surface area (Å²) in [4.78, 5) is 87.7. The first-order chi connectivity index (χ1) is 73.5. The van der Waals surface area contributed by atoms with Crippen LogP contribution in [0.3, 0.4) is 0 Å². The minimum atomic E-state index is -0.970. The molecule has 0 spiro atoms. The Balaban J connectivity index is 1.96. The van der Waals surface area contributed by atoms with Crippen molar-refractivity contribution in [3.63, 3.8) is 0 Å². The summed E-state index contributed by atoms with van der Waals surface area (Å²) in [6, 6.07) is 14.8. The number of carbonyl (C=O) groups is 6. The molecule has 4 rings (SSSR count). The van der Waals surface area contributed by atoms with E-state index in [0.29, 0.717) is 128 Å². The second-order valence-electron chi connectivity index (χ2n) is 41.9. The number of carbonyl (C=O) groups excluding carboxylic acids is 6. The minimum absolute atomic E-state index is 0.0559. The van der Waals surface area contributed by atoms with Crippen LogP contribution in [0.4, 0.5) is 34.1 Å². The molecule has 4 aromatic carbocycles. The van der Waals surface area contributed by atoms with Crippen LogP contribution in [0.2, 0.25) is 0 Å². The molecule has 0 fully saturated rings. The third-order valence-electron chi connectivity index (χ3n) is 27.6. The molecule has 0 unspecified atom stereocenters. The Morgan fingerprint density at radius 3 is 0.433 bits per heavy atom. The maximum absolute atomic E-state index is 15.1. The Morgan fingerprint density at radius 1 is 0.173 bits per heavy atom. The number of ketones is 3. The van der Waals surface area contributed by atoms with Crippen LogP contribution in [0.25, 0.3) is 0 Å². The van der Waals surface area contributed by atoms with Crippen LogP contribution in [0.1, 0.15) is 545 Å². The van der Waals surface area contributed by atoms with Gasteiger partial charge in [0.25, 0.3) is 17.7 Å². The maximum atomic E-state index is 15.1. The number of hydrogen-bond donors (Lipinski definition) is 6. The van der Waals surface area contributed by atoms with E-state index in [9.17, 15) is 14.4 Å². The highest BCUT2D eigenvalue weighted by Gasteiger charge is 2.27. The van der Waals surface area contributed by atoms with Crippen LogP contribution in [-0.4, -0.2) is 112 Å². The lowest BCUT2D eigenvalue weighted by molar-refractivity contribution is -0.116. The van der Waals surface area contributed by atoms with E-state index in [1.807, 2.05) is 0 Å². The molecule has 0 bridgehead atoms. The van der Waals surface area contributed by atoms with Gasteiger partial charge < -0.3 is 58.6 Å². The van der Waals surface area contributed by atoms with Crippen molar-refractivity contribution in [2.45, 2.75) is 545 Å². The van der Waals surface area contributed by atoms with Crippen molar-refractivity contribution in [3.05, 3.63) is 54.6 Å². The second kappa shape index (κ2) is 92.4. The van der Waals surface area contributed by atoms with E-state index in [0.717, 1.165) is 173 Å². The molecule has 6 N–H and O–H groups in total. The molecule has 0 aromatic heterocycles. The fourth-order valence-electron chi connectivity index (χ4n) is 18.4. The number of rotatable bonds is 105. The number of hydrazone groups is 3. The van der Waals surface area contributed by atoms with Gasteiger partial charge in [-0.25, -0.2) is 0 Å². The van der Waals surface area contributed by atoms with Crippen molar-refractivity contribution in [1.29, 1.82) is 0 Å². The monoisotopic (exact) mass is 2090 g/mol. The number of Topliss-reactive ketones (excluding diaryl/α,β-unsaturated/α-hetero) is 3. The normalized spacial score (nSPS) is 11.6. The molecule has 150 heavy (non-hydrogen) atoms. The predicted molar refractivity (Wildman–Crippen MR) is 630 cm³/mol. The molecule has 0 aliphatic carbocycles. The molecule has 0 saturated carbocycles. The number of benzene rings is 4. The van der Waals surface area contributed by atoms with E-state index in [-0.39, 0.29) is 17.1 Å². The van der Waals surface area contributed by atoms with Gasteiger partial charge in [-0.05, 0) is 76.0 Å². The van der Waals surface area contributed by atoms with Crippen molar-refractivity contribution >= 4 is 86.3 Å². The Bertz CT molecular complexity index is 3690. The van der Waals surface area contributed by atoms with Crippen molar-refractivity contribution in [1.82, 2.24) is 0 Å². The smallest absolute Gasteiger partial charge is 0.279 e. The average Bonchev–Trinajstić information content (AvgIpc) is 0.832. The van der Waals surface area contributed by atoms with Gasteiger partial charge in [0.1, 0.15) is 0 Å². The molecule has 0 aliphatic heterocycles. The quantitative estimate of drug-likeness (QED) is 0.0104. The first-order valence-corrected chi connectivity index (χ1v) is 61.3. The van der Waals surface area contributed by atoms with Gasteiger partial charge in [-0.2, -0.15) is 15.3 Å². The van der Waals surface area contributed by atoms with Gasteiger partial charge in [0.15, 0.2) is 69.0 Å². The maximum Gasteiger partial charge on any atom is 0.279 e. The second-order valence-corrected chi connectivity index (χ2v) is 41.9. The Hall–Kier alpha value is -9.09. The molecule has 4 aromatic rings. The first-order valence-electron chi connectivity index (χ1n) is 61.3. The van der Waals surface area contributed by atoms with Crippen LogP contribution in [0.5, 0.6) is 51.7 Å². The van der Waals surface area contributed by atoms with Crippen LogP contribution >= 0.6 is 0 Å². The molecule has 0 atom stereocenters. The van der Waals surface area contributed by atoms with Gasteiger partial charge in [0.05, 0.1) is 76.5 Å². The number of ether oxygens (including phenoxy) is 9. The van der Waals surface area contributed by atoms with E-state index in [2.05, 4.69) is 110 Å². The zero-order chi connectivity index (χ0) is 108. The summed E-state index contributed by atoms with van der Waals surface area (Å²) in [6.45, 7) is 27.7.